The van der Waals surface area contributed by atoms with Crippen LogP contribution in [0, 0.1) is 0 Å². The molecule has 37 heavy (non-hydrogen) atoms. The molecule has 3 aromatic carbocycles. The average Bonchev–Trinajstić information content (AvgIpc) is 2.95. The fraction of sp³-hybridized carbons (Fsp3) is 0.333. The van der Waals surface area contributed by atoms with Crippen LogP contribution in [-0.4, -0.2) is 65.3 Å². The van der Waals surface area contributed by atoms with Crippen LogP contribution in [0.1, 0.15) is 18.4 Å². The minimum absolute atomic E-state index is 0.228. The zero-order valence-electron chi connectivity index (χ0n) is 21.1. The number of nitrogens with one attached hydrogen (secondary N) is 1. The highest BCUT2D eigenvalue weighted by Gasteiger charge is 2.23. The third-order valence-corrected chi connectivity index (χ3v) is 7.53. The van der Waals surface area contributed by atoms with Crippen molar-refractivity contribution in [2.75, 3.05) is 54.4 Å². The highest BCUT2D eigenvalue weighted by molar-refractivity contribution is 5.91. The Kier molecular flexibility index (Phi) is 6.78. The first-order valence-electron chi connectivity index (χ1n) is 13.3. The lowest BCUT2D eigenvalue weighted by molar-refractivity contribution is 0.211. The summed E-state index contributed by atoms with van der Waals surface area (Å²) in [6.07, 6.45) is 2.14. The minimum Gasteiger partial charge on any atom is -0.508 e. The zero-order chi connectivity index (χ0) is 25.0. The van der Waals surface area contributed by atoms with E-state index in [4.69, 9.17) is 9.97 Å². The van der Waals surface area contributed by atoms with Crippen LogP contribution in [-0.2, 0) is 6.54 Å². The van der Waals surface area contributed by atoms with Gasteiger partial charge in [-0.3, -0.25) is 4.90 Å². The van der Waals surface area contributed by atoms with E-state index in [2.05, 4.69) is 80.7 Å². The molecule has 190 valence electrons. The molecule has 2 saturated heterocycles. The molecule has 0 amide bonds. The molecule has 0 spiro atoms. The van der Waals surface area contributed by atoms with Crippen molar-refractivity contribution >= 4 is 28.4 Å². The number of piperidine rings is 1. The Morgan fingerprint density at radius 2 is 1.43 bits per heavy atom. The molecular weight excluding hydrogens is 460 g/mol. The number of likely N-dealkylation sites (tertiary alicyclic amines) is 1. The lowest BCUT2D eigenvalue weighted by Gasteiger charge is -2.36. The van der Waals surface area contributed by atoms with Gasteiger partial charge in [-0.25, -0.2) is 4.98 Å². The number of piperazine rings is 1. The van der Waals surface area contributed by atoms with E-state index in [1.165, 1.54) is 11.3 Å². The van der Waals surface area contributed by atoms with Crippen LogP contribution in [0.2, 0.25) is 0 Å². The van der Waals surface area contributed by atoms with Gasteiger partial charge in [0, 0.05) is 69.0 Å². The second-order valence-electron chi connectivity index (χ2n) is 10.1. The molecule has 0 unspecified atom stereocenters. The molecule has 0 saturated carbocycles. The van der Waals surface area contributed by atoms with E-state index in [-0.39, 0.29) is 5.75 Å². The van der Waals surface area contributed by atoms with Crippen molar-refractivity contribution in [2.24, 2.45) is 0 Å². The quantitative estimate of drug-likeness (QED) is 0.401. The maximum Gasteiger partial charge on any atom is 0.228 e. The molecule has 0 atom stereocenters. The number of hydrogen-bond donors (Lipinski definition) is 2. The van der Waals surface area contributed by atoms with Crippen molar-refractivity contribution in [2.45, 2.75) is 25.4 Å². The van der Waals surface area contributed by atoms with Crippen molar-refractivity contribution in [1.29, 1.82) is 0 Å². The molecule has 2 N–H and O–H groups in total. The fourth-order valence-electron chi connectivity index (χ4n) is 5.43. The molecule has 7 nitrogen and oxygen atoms in total. The van der Waals surface area contributed by atoms with Crippen LogP contribution in [0.5, 0.6) is 5.75 Å². The van der Waals surface area contributed by atoms with Crippen molar-refractivity contribution in [3.8, 4) is 5.75 Å². The summed E-state index contributed by atoms with van der Waals surface area (Å²) in [5.74, 6) is 1.83. The molecule has 0 aliphatic carbocycles. The summed E-state index contributed by atoms with van der Waals surface area (Å²) >= 11 is 0. The predicted octanol–water partition coefficient (Wildman–Crippen LogP) is 4.74. The third kappa shape index (κ3) is 5.47. The number of phenols is 1. The first kappa shape index (κ1) is 23.6. The molecule has 2 fully saturated rings. The summed E-state index contributed by atoms with van der Waals surface area (Å²) in [4.78, 5) is 17.1. The van der Waals surface area contributed by atoms with E-state index in [0.29, 0.717) is 6.04 Å². The number of para-hydroxylation sites is 1. The Bertz CT molecular complexity index is 1320. The summed E-state index contributed by atoms with van der Waals surface area (Å²) in [7, 11) is 0. The maximum absolute atomic E-state index is 10.1. The van der Waals surface area contributed by atoms with Crippen molar-refractivity contribution < 1.29 is 5.11 Å². The molecule has 1 aromatic heterocycles. The number of phenolic OH excluding ortho intramolecular Hbond substituents is 1. The molecule has 6 rings (SSSR count). The Hall–Kier alpha value is -3.84. The summed E-state index contributed by atoms with van der Waals surface area (Å²) in [5, 5.41) is 14.8. The smallest absolute Gasteiger partial charge is 0.228 e. The van der Waals surface area contributed by atoms with Crippen LogP contribution in [0.25, 0.3) is 10.9 Å². The summed E-state index contributed by atoms with van der Waals surface area (Å²) in [6.45, 7) is 6.69. The number of nitrogens with zero attached hydrogens (tertiary/aromatic N) is 5. The Balaban J connectivity index is 1.16. The zero-order valence-corrected chi connectivity index (χ0v) is 21.1. The van der Waals surface area contributed by atoms with Crippen LogP contribution < -0.4 is 15.1 Å². The number of rotatable bonds is 6. The third-order valence-electron chi connectivity index (χ3n) is 7.53. The van der Waals surface area contributed by atoms with Gasteiger partial charge in [-0.2, -0.15) is 4.98 Å². The predicted molar refractivity (Wildman–Crippen MR) is 150 cm³/mol. The molecule has 0 radical (unpaired) electrons. The van der Waals surface area contributed by atoms with Gasteiger partial charge in [-0.15, -0.1) is 0 Å². The molecule has 0 bridgehead atoms. The van der Waals surface area contributed by atoms with Crippen LogP contribution in [0.15, 0.2) is 78.9 Å². The van der Waals surface area contributed by atoms with Gasteiger partial charge in [0.05, 0.1) is 5.52 Å². The highest BCUT2D eigenvalue weighted by atomic mass is 16.3. The van der Waals surface area contributed by atoms with Gasteiger partial charge in [0.15, 0.2) is 0 Å². The van der Waals surface area contributed by atoms with E-state index in [0.717, 1.165) is 81.3 Å². The number of fused-ring (bicyclic) bond motifs is 1. The van der Waals surface area contributed by atoms with Gasteiger partial charge >= 0.3 is 0 Å². The minimum atomic E-state index is 0.228. The molecule has 4 aromatic rings. The van der Waals surface area contributed by atoms with Crippen molar-refractivity contribution in [1.82, 2.24) is 14.9 Å². The molecule has 2 aliphatic rings. The van der Waals surface area contributed by atoms with Crippen LogP contribution >= 0.6 is 0 Å². The average molecular weight is 495 g/mol. The number of aromatic nitrogens is 2. The van der Waals surface area contributed by atoms with Gasteiger partial charge < -0.3 is 20.2 Å². The standard InChI is InChI=1S/C30H34N6O/c37-26-11-12-27-28(21-26)32-30(36-19-17-35(18-20-36)25-9-5-2-6-10-25)33-29(27)31-24-13-15-34(16-14-24)22-23-7-3-1-4-8-23/h1-12,21,24,37H,13-20,22H2,(H,31,32,33). The van der Waals surface area contributed by atoms with Gasteiger partial charge in [0.25, 0.3) is 0 Å². The Morgan fingerprint density at radius 1 is 0.757 bits per heavy atom. The van der Waals surface area contributed by atoms with Crippen molar-refractivity contribution in [3.63, 3.8) is 0 Å². The van der Waals surface area contributed by atoms with Gasteiger partial charge in [-0.05, 0) is 42.7 Å². The molecular formula is C30H34N6O. The summed E-state index contributed by atoms with van der Waals surface area (Å²) < 4.78 is 0. The lowest BCUT2D eigenvalue weighted by Crippen LogP contribution is -2.47. The van der Waals surface area contributed by atoms with Crippen LogP contribution in [0.3, 0.4) is 0 Å². The second-order valence-corrected chi connectivity index (χ2v) is 10.1. The molecule has 3 heterocycles. The lowest BCUT2D eigenvalue weighted by atomic mass is 10.0. The van der Waals surface area contributed by atoms with Crippen LogP contribution in [0.4, 0.5) is 17.5 Å². The molecule has 2 aliphatic heterocycles. The normalized spacial score (nSPS) is 17.3. The van der Waals surface area contributed by atoms with E-state index < -0.39 is 0 Å². The molecule has 7 heteroatoms. The summed E-state index contributed by atoms with van der Waals surface area (Å²) in [6, 6.07) is 27.0. The van der Waals surface area contributed by atoms with Gasteiger partial charge in [-0.1, -0.05) is 48.5 Å². The first-order chi connectivity index (χ1) is 18.2. The largest absolute Gasteiger partial charge is 0.508 e. The van der Waals surface area contributed by atoms with Gasteiger partial charge in [0.2, 0.25) is 5.95 Å². The van der Waals surface area contributed by atoms with E-state index in [1.54, 1.807) is 12.1 Å². The van der Waals surface area contributed by atoms with Gasteiger partial charge in [0.1, 0.15) is 11.6 Å². The first-order valence-corrected chi connectivity index (χ1v) is 13.3. The van der Waals surface area contributed by atoms with E-state index in [9.17, 15) is 5.11 Å². The highest BCUT2D eigenvalue weighted by Crippen LogP contribution is 2.29. The Morgan fingerprint density at radius 3 is 2.16 bits per heavy atom. The van der Waals surface area contributed by atoms with E-state index >= 15 is 0 Å². The monoisotopic (exact) mass is 494 g/mol. The van der Waals surface area contributed by atoms with Crippen molar-refractivity contribution in [3.05, 3.63) is 84.4 Å². The second kappa shape index (κ2) is 10.6. The SMILES string of the molecule is Oc1ccc2c(NC3CCN(Cc4ccccc4)CC3)nc(N3CCN(c4ccccc4)CC3)nc2c1. The maximum atomic E-state index is 10.1. The number of hydrogen-bond acceptors (Lipinski definition) is 7. The Labute approximate surface area is 218 Å². The number of aromatic hydroxyl groups is 1. The fourth-order valence-corrected chi connectivity index (χ4v) is 5.43. The van der Waals surface area contributed by atoms with E-state index in [1.807, 2.05) is 6.07 Å². The summed E-state index contributed by atoms with van der Waals surface area (Å²) in [5.41, 5.74) is 3.40. The topological polar surface area (TPSA) is 67.8 Å². The number of anilines is 3. The number of benzene rings is 3.